The summed E-state index contributed by atoms with van der Waals surface area (Å²) in [4.78, 5) is 1.30. The zero-order valence-corrected chi connectivity index (χ0v) is 12.6. The van der Waals surface area contributed by atoms with E-state index in [4.69, 9.17) is 5.11 Å². The summed E-state index contributed by atoms with van der Waals surface area (Å²) in [6.07, 6.45) is 0. The molecule has 0 heterocycles. The lowest BCUT2D eigenvalue weighted by Gasteiger charge is -2.06. The summed E-state index contributed by atoms with van der Waals surface area (Å²) in [6, 6.07) is 16.8. The molecule has 0 saturated heterocycles. The van der Waals surface area contributed by atoms with Gasteiger partial charge in [0.15, 0.2) is 0 Å². The van der Waals surface area contributed by atoms with E-state index in [1.807, 2.05) is 23.9 Å². The molecule has 20 heavy (non-hydrogen) atoms. The number of thioether (sulfide) groups is 1. The van der Waals surface area contributed by atoms with Crippen molar-refractivity contribution in [1.82, 2.24) is 5.32 Å². The van der Waals surface area contributed by atoms with Gasteiger partial charge in [0.05, 0.1) is 6.61 Å². The molecule has 2 rings (SSSR count). The van der Waals surface area contributed by atoms with Crippen LogP contribution >= 0.6 is 11.8 Å². The van der Waals surface area contributed by atoms with Gasteiger partial charge < -0.3 is 10.4 Å². The maximum absolute atomic E-state index is 9.03. The number of aliphatic hydroxyl groups is 1. The lowest BCUT2D eigenvalue weighted by atomic mass is 10.2. The first-order chi connectivity index (χ1) is 9.81. The fourth-order valence-corrected chi connectivity index (χ4v) is 2.86. The van der Waals surface area contributed by atoms with Gasteiger partial charge in [0, 0.05) is 17.2 Å². The number of hydrogen-bond acceptors (Lipinski definition) is 3. The quantitative estimate of drug-likeness (QED) is 0.763. The molecule has 0 aliphatic carbocycles. The van der Waals surface area contributed by atoms with E-state index in [0.29, 0.717) is 0 Å². The average molecular weight is 287 g/mol. The third-order valence-electron chi connectivity index (χ3n) is 3.09. The molecular formula is C17H21NOS. The predicted octanol–water partition coefficient (Wildman–Crippen LogP) is 3.58. The van der Waals surface area contributed by atoms with Gasteiger partial charge in [-0.1, -0.05) is 43.3 Å². The molecule has 0 saturated carbocycles. The second kappa shape index (κ2) is 8.10. The Kier molecular flexibility index (Phi) is 6.12. The summed E-state index contributed by atoms with van der Waals surface area (Å²) in [6.45, 7) is 4.15. The molecule has 3 heteroatoms. The molecule has 0 unspecified atom stereocenters. The van der Waals surface area contributed by atoms with Crippen LogP contribution in [0.1, 0.15) is 23.6 Å². The summed E-state index contributed by atoms with van der Waals surface area (Å²) < 4.78 is 0. The first-order valence-corrected chi connectivity index (χ1v) is 7.91. The van der Waals surface area contributed by atoms with Gasteiger partial charge in [0.1, 0.15) is 0 Å². The standard InChI is InChI=1S/C17H21NOS/c1-2-18-11-16-4-3-5-17(10-16)20-13-15-8-6-14(12-19)7-9-15/h3-10,18-19H,2,11-13H2,1H3. The van der Waals surface area contributed by atoms with Gasteiger partial charge in [-0.3, -0.25) is 0 Å². The number of hydrogen-bond donors (Lipinski definition) is 2. The second-order valence-corrected chi connectivity index (χ2v) is 5.74. The molecule has 2 N–H and O–H groups in total. The van der Waals surface area contributed by atoms with Crippen LogP contribution in [-0.4, -0.2) is 11.7 Å². The summed E-state index contributed by atoms with van der Waals surface area (Å²) >= 11 is 1.84. The van der Waals surface area contributed by atoms with Gasteiger partial charge in [-0.15, -0.1) is 11.8 Å². The van der Waals surface area contributed by atoms with E-state index in [9.17, 15) is 0 Å². The van der Waals surface area contributed by atoms with Crippen LogP contribution in [-0.2, 0) is 18.9 Å². The molecule has 0 aromatic heterocycles. The minimum atomic E-state index is 0.111. The summed E-state index contributed by atoms with van der Waals surface area (Å²) in [5.41, 5.74) is 3.57. The van der Waals surface area contributed by atoms with Crippen molar-refractivity contribution in [3.8, 4) is 0 Å². The fourth-order valence-electron chi connectivity index (χ4n) is 1.92. The topological polar surface area (TPSA) is 32.3 Å². The van der Waals surface area contributed by atoms with Crippen molar-refractivity contribution in [1.29, 1.82) is 0 Å². The minimum absolute atomic E-state index is 0.111. The molecule has 0 fully saturated rings. The molecule has 106 valence electrons. The Morgan fingerprint density at radius 2 is 1.75 bits per heavy atom. The Bertz CT molecular complexity index is 525. The normalized spacial score (nSPS) is 10.7. The molecule has 2 aromatic carbocycles. The lowest BCUT2D eigenvalue weighted by molar-refractivity contribution is 0.282. The molecule has 0 aliphatic heterocycles. The van der Waals surface area contributed by atoms with Crippen molar-refractivity contribution in [3.63, 3.8) is 0 Å². The summed E-state index contributed by atoms with van der Waals surface area (Å²) in [5.74, 6) is 0.955. The maximum Gasteiger partial charge on any atom is 0.0681 e. The van der Waals surface area contributed by atoms with E-state index in [1.165, 1.54) is 16.0 Å². The first-order valence-electron chi connectivity index (χ1n) is 6.93. The third-order valence-corrected chi connectivity index (χ3v) is 4.15. The first kappa shape index (κ1) is 15.1. The number of aliphatic hydroxyl groups excluding tert-OH is 1. The van der Waals surface area contributed by atoms with Crippen LogP contribution in [0.15, 0.2) is 53.4 Å². The van der Waals surface area contributed by atoms with Crippen molar-refractivity contribution in [2.24, 2.45) is 0 Å². The van der Waals surface area contributed by atoms with Crippen molar-refractivity contribution >= 4 is 11.8 Å². The van der Waals surface area contributed by atoms with Crippen LogP contribution in [0.2, 0.25) is 0 Å². The molecule has 0 amide bonds. The van der Waals surface area contributed by atoms with Crippen LogP contribution in [0.4, 0.5) is 0 Å². The Hall–Kier alpha value is -1.29. The highest BCUT2D eigenvalue weighted by Crippen LogP contribution is 2.23. The Labute approximate surface area is 125 Å². The van der Waals surface area contributed by atoms with Crippen molar-refractivity contribution in [3.05, 3.63) is 65.2 Å². The van der Waals surface area contributed by atoms with Crippen LogP contribution in [0, 0.1) is 0 Å². The largest absolute Gasteiger partial charge is 0.392 e. The van der Waals surface area contributed by atoms with Crippen molar-refractivity contribution in [2.45, 2.75) is 30.7 Å². The molecule has 0 bridgehead atoms. The smallest absolute Gasteiger partial charge is 0.0681 e. The summed E-state index contributed by atoms with van der Waals surface area (Å²) in [5, 5.41) is 12.4. The second-order valence-electron chi connectivity index (χ2n) is 4.69. The van der Waals surface area contributed by atoms with Crippen LogP contribution in [0.25, 0.3) is 0 Å². The number of benzene rings is 2. The Morgan fingerprint density at radius 1 is 1.00 bits per heavy atom. The van der Waals surface area contributed by atoms with Gasteiger partial charge in [0.2, 0.25) is 0 Å². The SMILES string of the molecule is CCNCc1cccc(SCc2ccc(CO)cc2)c1. The van der Waals surface area contributed by atoms with E-state index in [1.54, 1.807) is 0 Å². The highest BCUT2D eigenvalue weighted by Gasteiger charge is 1.99. The molecule has 2 nitrogen and oxygen atoms in total. The van der Waals surface area contributed by atoms with E-state index in [0.717, 1.165) is 24.4 Å². The van der Waals surface area contributed by atoms with Gasteiger partial charge >= 0.3 is 0 Å². The van der Waals surface area contributed by atoms with Gasteiger partial charge in [-0.05, 0) is 35.4 Å². The highest BCUT2D eigenvalue weighted by atomic mass is 32.2. The Balaban J connectivity index is 1.92. The minimum Gasteiger partial charge on any atom is -0.392 e. The van der Waals surface area contributed by atoms with E-state index >= 15 is 0 Å². The van der Waals surface area contributed by atoms with E-state index < -0.39 is 0 Å². The van der Waals surface area contributed by atoms with Gasteiger partial charge in [-0.25, -0.2) is 0 Å². The van der Waals surface area contributed by atoms with Crippen LogP contribution < -0.4 is 5.32 Å². The average Bonchev–Trinajstić information content (AvgIpc) is 2.52. The van der Waals surface area contributed by atoms with E-state index in [2.05, 4.69) is 48.6 Å². The maximum atomic E-state index is 9.03. The molecule has 0 radical (unpaired) electrons. The number of rotatable bonds is 7. The third kappa shape index (κ3) is 4.67. The van der Waals surface area contributed by atoms with Gasteiger partial charge in [-0.2, -0.15) is 0 Å². The lowest BCUT2D eigenvalue weighted by Crippen LogP contribution is -2.11. The summed E-state index contributed by atoms with van der Waals surface area (Å²) in [7, 11) is 0. The van der Waals surface area contributed by atoms with Gasteiger partial charge in [0.25, 0.3) is 0 Å². The number of nitrogens with one attached hydrogen (secondary N) is 1. The Morgan fingerprint density at radius 3 is 2.45 bits per heavy atom. The van der Waals surface area contributed by atoms with E-state index in [-0.39, 0.29) is 6.61 Å². The van der Waals surface area contributed by atoms with Crippen LogP contribution in [0.3, 0.4) is 0 Å². The molecule has 0 aliphatic rings. The molecular weight excluding hydrogens is 266 g/mol. The fraction of sp³-hybridized carbons (Fsp3) is 0.294. The zero-order valence-electron chi connectivity index (χ0n) is 11.8. The molecule has 2 aromatic rings. The molecule has 0 atom stereocenters. The van der Waals surface area contributed by atoms with Crippen LogP contribution in [0.5, 0.6) is 0 Å². The highest BCUT2D eigenvalue weighted by molar-refractivity contribution is 7.98. The van der Waals surface area contributed by atoms with Crippen molar-refractivity contribution in [2.75, 3.05) is 6.54 Å². The predicted molar refractivity (Wildman–Crippen MR) is 85.7 cm³/mol. The zero-order chi connectivity index (χ0) is 14.2. The van der Waals surface area contributed by atoms with Crippen molar-refractivity contribution < 1.29 is 5.11 Å². The molecule has 0 spiro atoms. The monoisotopic (exact) mass is 287 g/mol.